The molecular weight excluding hydrogens is 356 g/mol. The van der Waals surface area contributed by atoms with Gasteiger partial charge in [-0.25, -0.2) is 0 Å². The lowest BCUT2D eigenvalue weighted by molar-refractivity contribution is -0.134. The van der Waals surface area contributed by atoms with Crippen LogP contribution in [0.5, 0.6) is 0 Å². The van der Waals surface area contributed by atoms with Crippen LogP contribution < -0.4 is 10.6 Å². The maximum Gasteiger partial charge on any atom is 0.225 e. The van der Waals surface area contributed by atoms with E-state index >= 15 is 0 Å². The Labute approximate surface area is 166 Å². The first-order chi connectivity index (χ1) is 13.2. The van der Waals surface area contributed by atoms with Gasteiger partial charge in [-0.1, -0.05) is 51.1 Å². The summed E-state index contributed by atoms with van der Waals surface area (Å²) in [6.07, 6.45) is 0.966. The van der Waals surface area contributed by atoms with Crippen LogP contribution in [-0.2, 0) is 25.5 Å². The van der Waals surface area contributed by atoms with Gasteiger partial charge in [0.1, 0.15) is 6.61 Å². The summed E-state index contributed by atoms with van der Waals surface area (Å²) in [4.78, 5) is 38.0. The smallest absolute Gasteiger partial charge is 0.225 e. The Morgan fingerprint density at radius 2 is 1.96 bits per heavy atom. The number of carbonyl (C=O) groups is 3. The highest BCUT2D eigenvalue weighted by Gasteiger charge is 2.47. The number of piperidine rings is 1. The summed E-state index contributed by atoms with van der Waals surface area (Å²) in [5.41, 5.74) is 0.785. The van der Waals surface area contributed by atoms with Crippen LogP contribution in [0.4, 0.5) is 0 Å². The first-order valence-electron chi connectivity index (χ1n) is 9.99. The molecular formula is C22H30N2O4. The molecule has 0 aromatic heterocycles. The molecule has 2 aliphatic heterocycles. The van der Waals surface area contributed by atoms with Crippen LogP contribution in [0.2, 0.25) is 0 Å². The second-order valence-corrected chi connectivity index (χ2v) is 9.02. The van der Waals surface area contributed by atoms with Crippen molar-refractivity contribution in [1.29, 1.82) is 0 Å². The molecule has 0 aliphatic carbocycles. The lowest BCUT2D eigenvalue weighted by atomic mass is 9.78. The van der Waals surface area contributed by atoms with Crippen LogP contribution in [0.3, 0.4) is 0 Å². The van der Waals surface area contributed by atoms with Gasteiger partial charge in [-0.05, 0) is 30.4 Å². The number of Topliss-reactive ketones (excluding diaryl/α,β-unsaturated/α-hetero) is 2. The monoisotopic (exact) mass is 386 g/mol. The summed E-state index contributed by atoms with van der Waals surface area (Å²) in [5, 5.41) is 6.12. The Kier molecular flexibility index (Phi) is 6.30. The largest absolute Gasteiger partial charge is 0.368 e. The molecule has 0 bridgehead atoms. The molecule has 1 aromatic carbocycles. The van der Waals surface area contributed by atoms with E-state index in [0.717, 1.165) is 5.56 Å². The fourth-order valence-corrected chi connectivity index (χ4v) is 4.11. The van der Waals surface area contributed by atoms with Crippen LogP contribution in [-0.4, -0.2) is 48.8 Å². The first-order valence-corrected chi connectivity index (χ1v) is 9.99. The van der Waals surface area contributed by atoms with E-state index in [0.29, 0.717) is 19.4 Å². The summed E-state index contributed by atoms with van der Waals surface area (Å²) < 4.78 is 5.64. The molecule has 2 saturated heterocycles. The van der Waals surface area contributed by atoms with E-state index in [-0.39, 0.29) is 41.8 Å². The van der Waals surface area contributed by atoms with Crippen molar-refractivity contribution in [2.45, 2.75) is 58.2 Å². The zero-order valence-corrected chi connectivity index (χ0v) is 16.9. The number of ether oxygens (including phenoxy) is 1. The molecule has 0 saturated carbocycles. The van der Waals surface area contributed by atoms with E-state index in [1.54, 1.807) is 0 Å². The summed E-state index contributed by atoms with van der Waals surface area (Å²) >= 11 is 0. The first kappa shape index (κ1) is 20.7. The number of ketones is 2. The SMILES string of the molecule is CC(C)(C)CC(NC(=O)Cc1ccccc1)C(=O)C1CCNC2C(=O)COC12. The number of carbonyl (C=O) groups excluding carboxylic acids is 3. The second-order valence-electron chi connectivity index (χ2n) is 9.02. The third kappa shape index (κ3) is 5.06. The van der Waals surface area contributed by atoms with Gasteiger partial charge in [-0.15, -0.1) is 0 Å². The molecule has 2 aliphatic rings. The molecule has 0 spiro atoms. The van der Waals surface area contributed by atoms with Crippen molar-refractivity contribution < 1.29 is 19.1 Å². The molecule has 1 amide bonds. The topological polar surface area (TPSA) is 84.5 Å². The number of benzene rings is 1. The second kappa shape index (κ2) is 8.53. The van der Waals surface area contributed by atoms with Gasteiger partial charge in [-0.2, -0.15) is 0 Å². The zero-order chi connectivity index (χ0) is 20.3. The highest BCUT2D eigenvalue weighted by atomic mass is 16.5. The predicted octanol–water partition coefficient (Wildman–Crippen LogP) is 1.67. The van der Waals surface area contributed by atoms with Crippen molar-refractivity contribution in [2.75, 3.05) is 13.2 Å². The fraction of sp³-hybridized carbons (Fsp3) is 0.591. The molecule has 1 aromatic rings. The van der Waals surface area contributed by atoms with E-state index in [1.807, 2.05) is 30.3 Å². The normalized spacial score (nSPS) is 25.8. The van der Waals surface area contributed by atoms with Crippen molar-refractivity contribution in [1.82, 2.24) is 10.6 Å². The zero-order valence-electron chi connectivity index (χ0n) is 16.9. The van der Waals surface area contributed by atoms with E-state index in [1.165, 1.54) is 0 Å². The predicted molar refractivity (Wildman–Crippen MR) is 106 cm³/mol. The van der Waals surface area contributed by atoms with Crippen molar-refractivity contribution in [3.8, 4) is 0 Å². The highest BCUT2D eigenvalue weighted by Crippen LogP contribution is 2.30. The van der Waals surface area contributed by atoms with Gasteiger partial charge in [-0.3, -0.25) is 14.4 Å². The fourth-order valence-electron chi connectivity index (χ4n) is 4.11. The number of hydrogen-bond acceptors (Lipinski definition) is 5. The minimum Gasteiger partial charge on any atom is -0.368 e. The summed E-state index contributed by atoms with van der Waals surface area (Å²) in [7, 11) is 0. The summed E-state index contributed by atoms with van der Waals surface area (Å²) in [6, 6.07) is 8.50. The van der Waals surface area contributed by atoms with Gasteiger partial charge in [0.25, 0.3) is 0 Å². The van der Waals surface area contributed by atoms with Crippen molar-refractivity contribution in [3.05, 3.63) is 35.9 Å². The molecule has 2 N–H and O–H groups in total. The van der Waals surface area contributed by atoms with E-state index in [2.05, 4.69) is 31.4 Å². The quantitative estimate of drug-likeness (QED) is 0.777. The van der Waals surface area contributed by atoms with E-state index in [9.17, 15) is 14.4 Å². The number of rotatable bonds is 6. The van der Waals surface area contributed by atoms with Gasteiger partial charge in [0.15, 0.2) is 11.6 Å². The molecule has 3 rings (SSSR count). The molecule has 2 fully saturated rings. The Morgan fingerprint density at radius 3 is 2.64 bits per heavy atom. The van der Waals surface area contributed by atoms with E-state index in [4.69, 9.17) is 4.74 Å². The Balaban J connectivity index is 1.72. The van der Waals surface area contributed by atoms with Crippen LogP contribution in [0.25, 0.3) is 0 Å². The summed E-state index contributed by atoms with van der Waals surface area (Å²) in [5.74, 6) is -0.560. The molecule has 4 atom stereocenters. The van der Waals surface area contributed by atoms with Crippen LogP contribution >= 0.6 is 0 Å². The van der Waals surface area contributed by atoms with Gasteiger partial charge in [0.2, 0.25) is 5.91 Å². The van der Waals surface area contributed by atoms with Gasteiger partial charge >= 0.3 is 0 Å². The lowest BCUT2D eigenvalue weighted by Gasteiger charge is -2.35. The van der Waals surface area contributed by atoms with Gasteiger partial charge in [0.05, 0.1) is 24.6 Å². The number of hydrogen-bond donors (Lipinski definition) is 2. The molecule has 28 heavy (non-hydrogen) atoms. The third-order valence-corrected chi connectivity index (χ3v) is 5.38. The number of fused-ring (bicyclic) bond motifs is 1. The molecule has 152 valence electrons. The molecule has 6 nitrogen and oxygen atoms in total. The highest BCUT2D eigenvalue weighted by molar-refractivity contribution is 5.94. The maximum absolute atomic E-state index is 13.4. The van der Waals surface area contributed by atoms with E-state index < -0.39 is 18.2 Å². The van der Waals surface area contributed by atoms with Crippen LogP contribution in [0.15, 0.2) is 30.3 Å². The molecule has 2 heterocycles. The molecule has 4 unspecified atom stereocenters. The van der Waals surface area contributed by atoms with Crippen molar-refractivity contribution in [3.63, 3.8) is 0 Å². The standard InChI is InChI=1S/C22H30N2O4/c1-22(2,3)12-16(24-18(26)11-14-7-5-4-6-8-14)20(27)15-9-10-23-19-17(25)13-28-21(15)19/h4-8,15-16,19,21,23H,9-13H2,1-3H3,(H,24,26). The third-order valence-electron chi connectivity index (χ3n) is 5.38. The minimum atomic E-state index is -0.584. The Morgan fingerprint density at radius 1 is 1.25 bits per heavy atom. The van der Waals surface area contributed by atoms with Crippen LogP contribution in [0, 0.1) is 11.3 Å². The number of nitrogens with one attached hydrogen (secondary N) is 2. The van der Waals surface area contributed by atoms with Crippen LogP contribution in [0.1, 0.15) is 39.2 Å². The van der Waals surface area contributed by atoms with Crippen molar-refractivity contribution >= 4 is 17.5 Å². The minimum absolute atomic E-state index is 0.00276. The number of amides is 1. The van der Waals surface area contributed by atoms with Gasteiger partial charge < -0.3 is 15.4 Å². The van der Waals surface area contributed by atoms with Crippen molar-refractivity contribution in [2.24, 2.45) is 11.3 Å². The molecule has 6 heteroatoms. The average Bonchev–Trinajstić information content (AvgIpc) is 3.01. The average molecular weight is 386 g/mol. The molecule has 0 radical (unpaired) electrons. The maximum atomic E-state index is 13.4. The summed E-state index contributed by atoms with van der Waals surface area (Å²) in [6.45, 7) is 6.82. The van der Waals surface area contributed by atoms with Gasteiger partial charge in [0, 0.05) is 5.92 Å². The Hall–Kier alpha value is -2.05. The lowest BCUT2D eigenvalue weighted by Crippen LogP contribution is -2.56. The Bertz CT molecular complexity index is 726.